The first-order valence-electron chi connectivity index (χ1n) is 7.36. The van der Waals surface area contributed by atoms with Gasteiger partial charge in [0.05, 0.1) is 5.69 Å². The molecule has 0 spiro atoms. The molecule has 1 heteroatoms. The van der Waals surface area contributed by atoms with Gasteiger partial charge in [-0.25, -0.2) is 0 Å². The molecule has 0 aliphatic carbocycles. The third kappa shape index (κ3) is 3.03. The first-order chi connectivity index (χ1) is 10.2. The van der Waals surface area contributed by atoms with Crippen molar-refractivity contribution in [2.75, 3.05) is 0 Å². The molecular formula is C20H19N. The molecule has 0 atom stereocenters. The van der Waals surface area contributed by atoms with Crippen molar-refractivity contribution in [3.8, 4) is 22.4 Å². The quantitative estimate of drug-likeness (QED) is 0.610. The maximum atomic E-state index is 4.54. The molecule has 0 radical (unpaired) electrons. The van der Waals surface area contributed by atoms with Gasteiger partial charge in [-0.05, 0) is 40.8 Å². The van der Waals surface area contributed by atoms with Crippen molar-refractivity contribution in [2.45, 2.75) is 19.8 Å². The second-order valence-electron chi connectivity index (χ2n) is 5.58. The Morgan fingerprint density at radius 1 is 0.714 bits per heavy atom. The van der Waals surface area contributed by atoms with E-state index in [1.165, 1.54) is 22.3 Å². The number of benzene rings is 2. The zero-order chi connectivity index (χ0) is 14.7. The highest BCUT2D eigenvalue weighted by Crippen LogP contribution is 2.26. The van der Waals surface area contributed by atoms with Crippen molar-refractivity contribution in [1.82, 2.24) is 4.98 Å². The molecule has 21 heavy (non-hydrogen) atoms. The smallest absolute Gasteiger partial charge is 0.0708 e. The summed E-state index contributed by atoms with van der Waals surface area (Å²) in [5.41, 5.74) is 5.98. The highest BCUT2D eigenvalue weighted by molar-refractivity contribution is 5.70. The van der Waals surface area contributed by atoms with E-state index in [-0.39, 0.29) is 0 Å². The largest absolute Gasteiger partial charge is 0.256 e. The molecule has 3 rings (SSSR count). The topological polar surface area (TPSA) is 12.9 Å². The van der Waals surface area contributed by atoms with Crippen molar-refractivity contribution >= 4 is 0 Å². The molecule has 2 aromatic carbocycles. The number of nitrogens with zero attached hydrogens (tertiary/aromatic N) is 1. The van der Waals surface area contributed by atoms with Crippen LogP contribution >= 0.6 is 0 Å². The molecule has 0 unspecified atom stereocenters. The summed E-state index contributed by atoms with van der Waals surface area (Å²) in [4.78, 5) is 4.54. The van der Waals surface area contributed by atoms with Gasteiger partial charge in [0.1, 0.15) is 0 Å². The monoisotopic (exact) mass is 273 g/mol. The van der Waals surface area contributed by atoms with Gasteiger partial charge in [-0.2, -0.15) is 0 Å². The van der Waals surface area contributed by atoms with Crippen LogP contribution in [0.5, 0.6) is 0 Å². The zero-order valence-corrected chi connectivity index (χ0v) is 12.5. The number of hydrogen-bond acceptors (Lipinski definition) is 1. The molecule has 0 N–H and O–H groups in total. The van der Waals surface area contributed by atoms with E-state index < -0.39 is 0 Å². The number of pyridine rings is 1. The van der Waals surface area contributed by atoms with Crippen LogP contribution in [0, 0.1) is 0 Å². The maximum absolute atomic E-state index is 4.54. The van der Waals surface area contributed by atoms with Crippen LogP contribution in [0.4, 0.5) is 0 Å². The van der Waals surface area contributed by atoms with Gasteiger partial charge in [0.2, 0.25) is 0 Å². The number of aromatic nitrogens is 1. The highest BCUT2D eigenvalue weighted by Gasteiger charge is 2.05. The maximum Gasteiger partial charge on any atom is 0.0708 e. The molecular weight excluding hydrogens is 254 g/mol. The predicted octanol–water partition coefficient (Wildman–Crippen LogP) is 5.54. The summed E-state index contributed by atoms with van der Waals surface area (Å²) >= 11 is 0. The third-order valence-electron chi connectivity index (χ3n) is 3.72. The summed E-state index contributed by atoms with van der Waals surface area (Å²) in [5.74, 6) is 0.530. The molecule has 104 valence electrons. The summed E-state index contributed by atoms with van der Waals surface area (Å²) in [6.07, 6.45) is 1.89. The fraction of sp³-hybridized carbons (Fsp3) is 0.150. The van der Waals surface area contributed by atoms with Crippen molar-refractivity contribution in [1.29, 1.82) is 0 Å². The molecule has 0 bridgehead atoms. The van der Waals surface area contributed by atoms with Gasteiger partial charge in [0.15, 0.2) is 0 Å². The van der Waals surface area contributed by atoms with E-state index in [2.05, 4.69) is 79.5 Å². The summed E-state index contributed by atoms with van der Waals surface area (Å²) in [7, 11) is 0. The fourth-order valence-electron chi connectivity index (χ4n) is 2.46. The van der Waals surface area contributed by atoms with Crippen LogP contribution in [0.2, 0.25) is 0 Å². The standard InChI is InChI=1S/C20H19N/c1-15(2)17-9-6-10-19(13-17)20-14-18(11-12-21-20)16-7-4-3-5-8-16/h3-15H,1-2H3. The molecule has 0 saturated heterocycles. The molecule has 0 saturated carbocycles. The Kier molecular flexibility index (Phi) is 3.83. The molecule has 3 aromatic rings. The predicted molar refractivity (Wildman–Crippen MR) is 89.2 cm³/mol. The lowest BCUT2D eigenvalue weighted by molar-refractivity contribution is 0.867. The Hall–Kier alpha value is -2.41. The van der Waals surface area contributed by atoms with E-state index in [0.717, 1.165) is 5.69 Å². The van der Waals surface area contributed by atoms with E-state index in [4.69, 9.17) is 0 Å². The Bertz CT molecular complexity index is 730. The Morgan fingerprint density at radius 3 is 2.24 bits per heavy atom. The van der Waals surface area contributed by atoms with Gasteiger partial charge in [-0.3, -0.25) is 4.98 Å². The molecule has 0 aliphatic rings. The summed E-state index contributed by atoms with van der Waals surface area (Å²) in [6, 6.07) is 23.3. The normalized spacial score (nSPS) is 10.8. The number of hydrogen-bond donors (Lipinski definition) is 0. The van der Waals surface area contributed by atoms with Crippen LogP contribution in [0.1, 0.15) is 25.3 Å². The first-order valence-corrected chi connectivity index (χ1v) is 7.36. The SMILES string of the molecule is CC(C)c1cccc(-c2cc(-c3ccccc3)ccn2)c1. The molecule has 1 nitrogen and oxygen atoms in total. The van der Waals surface area contributed by atoms with Gasteiger partial charge in [0.25, 0.3) is 0 Å². The Balaban J connectivity index is 2.02. The average molecular weight is 273 g/mol. The van der Waals surface area contributed by atoms with E-state index in [1.54, 1.807) is 0 Å². The van der Waals surface area contributed by atoms with Crippen LogP contribution in [0.3, 0.4) is 0 Å². The van der Waals surface area contributed by atoms with Gasteiger partial charge < -0.3 is 0 Å². The van der Waals surface area contributed by atoms with Crippen LogP contribution in [0.25, 0.3) is 22.4 Å². The van der Waals surface area contributed by atoms with Crippen LogP contribution < -0.4 is 0 Å². The lowest BCUT2D eigenvalue weighted by Gasteiger charge is -2.09. The third-order valence-corrected chi connectivity index (χ3v) is 3.72. The van der Waals surface area contributed by atoms with Gasteiger partial charge >= 0.3 is 0 Å². The average Bonchev–Trinajstić information content (AvgIpc) is 2.56. The summed E-state index contributed by atoms with van der Waals surface area (Å²) in [5, 5.41) is 0. The minimum atomic E-state index is 0.530. The van der Waals surface area contributed by atoms with Crippen LogP contribution in [0.15, 0.2) is 72.9 Å². The lowest BCUT2D eigenvalue weighted by Crippen LogP contribution is -1.90. The Morgan fingerprint density at radius 2 is 1.48 bits per heavy atom. The van der Waals surface area contributed by atoms with E-state index >= 15 is 0 Å². The minimum absolute atomic E-state index is 0.530. The summed E-state index contributed by atoms with van der Waals surface area (Å²) in [6.45, 7) is 4.43. The van der Waals surface area contributed by atoms with Gasteiger partial charge in [0, 0.05) is 11.8 Å². The van der Waals surface area contributed by atoms with Gasteiger partial charge in [-0.15, -0.1) is 0 Å². The van der Waals surface area contributed by atoms with E-state index in [0.29, 0.717) is 5.92 Å². The van der Waals surface area contributed by atoms with Crippen molar-refractivity contribution in [2.24, 2.45) is 0 Å². The van der Waals surface area contributed by atoms with Gasteiger partial charge in [-0.1, -0.05) is 62.4 Å². The zero-order valence-electron chi connectivity index (χ0n) is 12.5. The molecule has 0 amide bonds. The lowest BCUT2D eigenvalue weighted by atomic mass is 9.98. The fourth-order valence-corrected chi connectivity index (χ4v) is 2.46. The number of rotatable bonds is 3. The van der Waals surface area contributed by atoms with Crippen molar-refractivity contribution in [3.05, 3.63) is 78.5 Å². The van der Waals surface area contributed by atoms with E-state index in [9.17, 15) is 0 Å². The molecule has 1 aromatic heterocycles. The van der Waals surface area contributed by atoms with Crippen LogP contribution in [-0.2, 0) is 0 Å². The molecule has 0 fully saturated rings. The van der Waals surface area contributed by atoms with Crippen molar-refractivity contribution < 1.29 is 0 Å². The second-order valence-corrected chi connectivity index (χ2v) is 5.58. The molecule has 0 aliphatic heterocycles. The molecule has 1 heterocycles. The highest BCUT2D eigenvalue weighted by atomic mass is 14.7. The summed E-state index contributed by atoms with van der Waals surface area (Å²) < 4.78 is 0. The van der Waals surface area contributed by atoms with E-state index in [1.807, 2.05) is 12.3 Å². The second kappa shape index (κ2) is 5.92. The minimum Gasteiger partial charge on any atom is -0.256 e. The van der Waals surface area contributed by atoms with Crippen molar-refractivity contribution in [3.63, 3.8) is 0 Å². The Labute approximate surface area is 126 Å². The first kappa shape index (κ1) is 13.6. The van der Waals surface area contributed by atoms with Crippen LogP contribution in [-0.4, -0.2) is 4.98 Å².